The van der Waals surface area contributed by atoms with Crippen molar-refractivity contribution >= 4 is 17.2 Å². The van der Waals surface area contributed by atoms with Crippen LogP contribution in [0.3, 0.4) is 0 Å². The topological polar surface area (TPSA) is 98.2 Å². The third-order valence-electron chi connectivity index (χ3n) is 4.65. The number of aromatic nitrogens is 5. The van der Waals surface area contributed by atoms with E-state index in [0.29, 0.717) is 23.2 Å². The molecule has 0 unspecified atom stereocenters. The van der Waals surface area contributed by atoms with Crippen LogP contribution in [-0.2, 0) is 17.6 Å². The van der Waals surface area contributed by atoms with Gasteiger partial charge in [-0.25, -0.2) is 0 Å². The van der Waals surface area contributed by atoms with Gasteiger partial charge in [-0.1, -0.05) is 38.1 Å². The van der Waals surface area contributed by atoms with E-state index in [1.807, 2.05) is 56.4 Å². The average molecular weight is 390 g/mol. The van der Waals surface area contributed by atoms with Gasteiger partial charge in [0, 0.05) is 23.4 Å². The highest BCUT2D eigenvalue weighted by Gasteiger charge is 2.15. The number of hydrogen-bond donors (Lipinski definition) is 1. The molecule has 8 nitrogen and oxygen atoms in total. The number of anilines is 1. The van der Waals surface area contributed by atoms with Gasteiger partial charge in [-0.3, -0.25) is 9.20 Å². The van der Waals surface area contributed by atoms with E-state index in [1.54, 1.807) is 4.40 Å². The van der Waals surface area contributed by atoms with Crippen molar-refractivity contribution in [3.63, 3.8) is 0 Å². The number of rotatable bonds is 6. The zero-order valence-corrected chi connectivity index (χ0v) is 16.6. The fraction of sp³-hybridized carbons (Fsp3) is 0.286. The molecule has 0 saturated heterocycles. The summed E-state index contributed by atoms with van der Waals surface area (Å²) in [4.78, 5) is 16.8. The Morgan fingerprint density at radius 2 is 1.97 bits per heavy atom. The quantitative estimate of drug-likeness (QED) is 0.540. The molecule has 0 radical (unpaired) electrons. The summed E-state index contributed by atoms with van der Waals surface area (Å²) in [6.07, 6.45) is 2.89. The van der Waals surface area contributed by atoms with Crippen LogP contribution in [0.5, 0.6) is 0 Å². The number of hydrogen-bond acceptors (Lipinski definition) is 6. The minimum atomic E-state index is -0.147. The number of benzene rings is 1. The van der Waals surface area contributed by atoms with Crippen LogP contribution in [0.2, 0.25) is 0 Å². The largest absolute Gasteiger partial charge is 0.334 e. The van der Waals surface area contributed by atoms with E-state index in [-0.39, 0.29) is 18.2 Å². The van der Waals surface area contributed by atoms with Crippen molar-refractivity contribution < 1.29 is 9.32 Å². The first-order chi connectivity index (χ1) is 14.0. The summed E-state index contributed by atoms with van der Waals surface area (Å²) in [5.74, 6) is 1.70. The van der Waals surface area contributed by atoms with Crippen LogP contribution >= 0.6 is 0 Å². The lowest BCUT2D eigenvalue weighted by atomic mass is 10.1. The molecule has 0 spiro atoms. The number of carbonyl (C=O) groups is 1. The van der Waals surface area contributed by atoms with Crippen molar-refractivity contribution in [2.45, 2.75) is 39.5 Å². The van der Waals surface area contributed by atoms with E-state index in [1.165, 1.54) is 5.56 Å². The summed E-state index contributed by atoms with van der Waals surface area (Å²) in [6.45, 7) is 6.11. The van der Waals surface area contributed by atoms with E-state index in [0.717, 1.165) is 17.7 Å². The van der Waals surface area contributed by atoms with Gasteiger partial charge < -0.3 is 9.84 Å². The molecule has 1 aromatic carbocycles. The predicted octanol–water partition coefficient (Wildman–Crippen LogP) is 3.65. The first-order valence-electron chi connectivity index (χ1n) is 9.60. The number of aryl methyl sites for hydroxylation is 1. The molecule has 0 aliphatic rings. The number of pyridine rings is 1. The Morgan fingerprint density at radius 3 is 2.66 bits per heavy atom. The smallest absolute Gasteiger partial charge is 0.258 e. The normalized spacial score (nSPS) is 11.3. The van der Waals surface area contributed by atoms with Gasteiger partial charge in [0.15, 0.2) is 11.5 Å². The van der Waals surface area contributed by atoms with Gasteiger partial charge in [0.1, 0.15) is 5.82 Å². The van der Waals surface area contributed by atoms with Crippen LogP contribution in [-0.4, -0.2) is 30.6 Å². The monoisotopic (exact) mass is 390 g/mol. The Morgan fingerprint density at radius 1 is 1.17 bits per heavy atom. The second kappa shape index (κ2) is 7.83. The molecule has 0 fully saturated rings. The third-order valence-corrected chi connectivity index (χ3v) is 4.65. The second-order valence-electron chi connectivity index (χ2n) is 7.15. The number of carbonyl (C=O) groups excluding carboxylic acids is 1. The molecular weight excluding hydrogens is 368 g/mol. The predicted molar refractivity (Wildman–Crippen MR) is 109 cm³/mol. The Hall–Kier alpha value is -3.55. The molecule has 1 N–H and O–H groups in total. The number of amides is 1. The first-order valence-corrected chi connectivity index (χ1v) is 9.60. The highest BCUT2D eigenvalue weighted by atomic mass is 16.5. The Kier molecular flexibility index (Phi) is 5.07. The van der Waals surface area contributed by atoms with Crippen molar-refractivity contribution in [2.75, 3.05) is 5.32 Å². The Balaban J connectivity index is 1.50. The van der Waals surface area contributed by atoms with E-state index in [2.05, 4.69) is 32.6 Å². The molecule has 29 heavy (non-hydrogen) atoms. The van der Waals surface area contributed by atoms with Crippen LogP contribution in [0.1, 0.15) is 43.9 Å². The summed E-state index contributed by atoms with van der Waals surface area (Å²) < 4.78 is 7.11. The maximum Gasteiger partial charge on any atom is 0.258 e. The lowest BCUT2D eigenvalue weighted by molar-refractivity contribution is -0.115. The molecule has 0 aliphatic heterocycles. The van der Waals surface area contributed by atoms with Crippen LogP contribution in [0.4, 0.5) is 5.69 Å². The SMILES string of the molecule is CCc1ccc(NC(=O)Cc2nnc3cc(-c4nc(C(C)C)no4)ccn23)cc1. The molecule has 0 atom stereocenters. The van der Waals surface area contributed by atoms with Gasteiger partial charge in [0.25, 0.3) is 5.89 Å². The summed E-state index contributed by atoms with van der Waals surface area (Å²) in [5.41, 5.74) is 3.36. The minimum Gasteiger partial charge on any atom is -0.334 e. The van der Waals surface area contributed by atoms with Gasteiger partial charge in [-0.15, -0.1) is 10.2 Å². The number of nitrogens with one attached hydrogen (secondary N) is 1. The molecule has 0 saturated carbocycles. The van der Waals surface area contributed by atoms with E-state index < -0.39 is 0 Å². The lowest BCUT2D eigenvalue weighted by Crippen LogP contribution is -2.16. The zero-order valence-electron chi connectivity index (χ0n) is 16.6. The molecule has 0 aliphatic carbocycles. The highest BCUT2D eigenvalue weighted by Crippen LogP contribution is 2.21. The van der Waals surface area contributed by atoms with Gasteiger partial charge in [-0.2, -0.15) is 4.98 Å². The van der Waals surface area contributed by atoms with E-state index in [4.69, 9.17) is 4.52 Å². The second-order valence-corrected chi connectivity index (χ2v) is 7.15. The maximum atomic E-state index is 12.4. The molecule has 3 aromatic heterocycles. The molecular formula is C21H22N6O2. The maximum absolute atomic E-state index is 12.4. The first kappa shape index (κ1) is 18.8. The van der Waals surface area contributed by atoms with Gasteiger partial charge in [0.2, 0.25) is 5.91 Å². The third kappa shape index (κ3) is 4.01. The van der Waals surface area contributed by atoms with Gasteiger partial charge in [-0.05, 0) is 36.2 Å². The molecule has 3 heterocycles. The Labute approximate surface area is 168 Å². The molecule has 4 rings (SSSR count). The molecule has 1 amide bonds. The van der Waals surface area contributed by atoms with Crippen LogP contribution in [0, 0.1) is 0 Å². The molecule has 148 valence electrons. The Bertz CT molecular complexity index is 1140. The number of nitrogens with zero attached hydrogens (tertiary/aromatic N) is 5. The summed E-state index contributed by atoms with van der Waals surface area (Å²) >= 11 is 0. The zero-order chi connectivity index (χ0) is 20.4. The molecule has 4 aromatic rings. The number of fused-ring (bicyclic) bond motifs is 1. The van der Waals surface area contributed by atoms with Crippen LogP contribution < -0.4 is 5.32 Å². The summed E-state index contributed by atoms with van der Waals surface area (Å²) in [6, 6.07) is 11.5. The summed E-state index contributed by atoms with van der Waals surface area (Å²) in [7, 11) is 0. The van der Waals surface area contributed by atoms with E-state index >= 15 is 0 Å². The van der Waals surface area contributed by atoms with Crippen LogP contribution in [0.15, 0.2) is 47.1 Å². The van der Waals surface area contributed by atoms with Crippen molar-refractivity contribution in [3.05, 3.63) is 59.8 Å². The van der Waals surface area contributed by atoms with Crippen molar-refractivity contribution in [1.29, 1.82) is 0 Å². The lowest BCUT2D eigenvalue weighted by Gasteiger charge is -2.05. The minimum absolute atomic E-state index is 0.119. The fourth-order valence-electron chi connectivity index (χ4n) is 2.95. The molecule has 8 heteroatoms. The molecule has 0 bridgehead atoms. The van der Waals surface area contributed by atoms with Crippen molar-refractivity contribution in [3.8, 4) is 11.5 Å². The average Bonchev–Trinajstić information content (AvgIpc) is 3.36. The van der Waals surface area contributed by atoms with Crippen molar-refractivity contribution in [2.24, 2.45) is 0 Å². The van der Waals surface area contributed by atoms with Crippen LogP contribution in [0.25, 0.3) is 17.1 Å². The van der Waals surface area contributed by atoms with Gasteiger partial charge >= 0.3 is 0 Å². The van der Waals surface area contributed by atoms with Crippen molar-refractivity contribution in [1.82, 2.24) is 24.7 Å². The standard InChI is InChI=1S/C21H22N6O2/c1-4-14-5-7-16(8-6-14)22-19(28)12-18-25-24-17-11-15(9-10-27(17)18)21-23-20(13(2)3)26-29-21/h5-11,13H,4,12H2,1-3H3,(H,22,28). The highest BCUT2D eigenvalue weighted by molar-refractivity contribution is 5.91. The summed E-state index contributed by atoms with van der Waals surface area (Å²) in [5, 5.41) is 15.2. The van der Waals surface area contributed by atoms with E-state index in [9.17, 15) is 4.79 Å². The fourth-order valence-corrected chi connectivity index (χ4v) is 2.95. The van der Waals surface area contributed by atoms with Gasteiger partial charge in [0.05, 0.1) is 6.42 Å².